The number of piperazine rings is 1. The Labute approximate surface area is 167 Å². The number of nitrogens with zero attached hydrogens (tertiary/aromatic N) is 3. The topological polar surface area (TPSA) is 64.4 Å². The van der Waals surface area contributed by atoms with E-state index in [1.807, 2.05) is 11.8 Å². The Kier molecular flexibility index (Phi) is 5.96. The normalized spacial score (nSPS) is 17.4. The van der Waals surface area contributed by atoms with Gasteiger partial charge in [-0.1, -0.05) is 28.1 Å². The molecule has 142 valence electrons. The average molecular weight is 452 g/mol. The van der Waals surface area contributed by atoms with Gasteiger partial charge in [-0.25, -0.2) is 12.8 Å². The van der Waals surface area contributed by atoms with E-state index in [0.717, 1.165) is 10.0 Å². The lowest BCUT2D eigenvalue weighted by atomic mass is 10.1. The van der Waals surface area contributed by atoms with E-state index in [1.165, 1.54) is 16.4 Å². The molecule has 0 spiro atoms. The Morgan fingerprint density at radius 1 is 1.11 bits per heavy atom. The van der Waals surface area contributed by atoms with Crippen LogP contribution in [0.4, 0.5) is 4.39 Å². The molecule has 1 aliphatic rings. The monoisotopic (exact) mass is 451 g/mol. The fourth-order valence-electron chi connectivity index (χ4n) is 3.14. The fourth-order valence-corrected chi connectivity index (χ4v) is 4.90. The summed E-state index contributed by atoms with van der Waals surface area (Å²) in [7, 11) is -3.57. The van der Waals surface area contributed by atoms with E-state index in [-0.39, 0.29) is 10.7 Å². The predicted octanol–water partition coefficient (Wildman–Crippen LogP) is 3.47. The van der Waals surface area contributed by atoms with Gasteiger partial charge in [0, 0.05) is 30.7 Å². The van der Waals surface area contributed by atoms with Gasteiger partial charge < -0.3 is 0 Å². The zero-order chi connectivity index (χ0) is 19.6. The third-order valence-corrected chi connectivity index (χ3v) is 7.50. The first-order chi connectivity index (χ1) is 12.8. The van der Waals surface area contributed by atoms with Gasteiger partial charge in [-0.05, 0) is 48.4 Å². The van der Waals surface area contributed by atoms with E-state index in [1.54, 1.807) is 30.3 Å². The minimum atomic E-state index is -3.57. The smallest absolute Gasteiger partial charge is 0.243 e. The van der Waals surface area contributed by atoms with Crippen LogP contribution in [0.25, 0.3) is 0 Å². The van der Waals surface area contributed by atoms with E-state index >= 15 is 0 Å². The van der Waals surface area contributed by atoms with Crippen molar-refractivity contribution in [1.82, 2.24) is 9.21 Å². The van der Waals surface area contributed by atoms with Crippen LogP contribution in [0.2, 0.25) is 0 Å². The molecule has 0 aliphatic carbocycles. The first kappa shape index (κ1) is 20.0. The maximum Gasteiger partial charge on any atom is 0.243 e. The highest BCUT2D eigenvalue weighted by molar-refractivity contribution is 9.10. The van der Waals surface area contributed by atoms with Gasteiger partial charge in [0.2, 0.25) is 10.0 Å². The Morgan fingerprint density at radius 3 is 2.30 bits per heavy atom. The van der Waals surface area contributed by atoms with Crippen LogP contribution >= 0.6 is 15.9 Å². The molecule has 2 aromatic rings. The number of rotatable bonds is 4. The fraction of sp³-hybridized carbons (Fsp3) is 0.316. The summed E-state index contributed by atoms with van der Waals surface area (Å²) < 4.78 is 41.2. The van der Waals surface area contributed by atoms with Crippen LogP contribution in [0.3, 0.4) is 0 Å². The molecule has 3 rings (SSSR count). The molecule has 1 heterocycles. The van der Waals surface area contributed by atoms with Crippen molar-refractivity contribution in [1.29, 1.82) is 5.26 Å². The number of hydrogen-bond donors (Lipinski definition) is 0. The number of sulfonamides is 1. The summed E-state index contributed by atoms with van der Waals surface area (Å²) in [6.07, 6.45) is 0. The molecule has 1 fully saturated rings. The second kappa shape index (κ2) is 8.07. The highest BCUT2D eigenvalue weighted by Crippen LogP contribution is 2.26. The van der Waals surface area contributed by atoms with Crippen molar-refractivity contribution in [2.45, 2.75) is 17.9 Å². The van der Waals surface area contributed by atoms with E-state index in [0.29, 0.717) is 31.7 Å². The molecule has 2 aromatic carbocycles. The highest BCUT2D eigenvalue weighted by atomic mass is 79.9. The van der Waals surface area contributed by atoms with Crippen molar-refractivity contribution in [2.75, 3.05) is 26.2 Å². The number of nitriles is 1. The van der Waals surface area contributed by atoms with Gasteiger partial charge in [0.25, 0.3) is 0 Å². The molecule has 27 heavy (non-hydrogen) atoms. The Bertz CT molecular complexity index is 965. The molecule has 0 bridgehead atoms. The van der Waals surface area contributed by atoms with Crippen molar-refractivity contribution in [3.63, 3.8) is 0 Å². The minimum absolute atomic E-state index is 0.270. The lowest BCUT2D eigenvalue weighted by molar-refractivity contribution is 0.162. The molecule has 1 saturated heterocycles. The summed E-state index contributed by atoms with van der Waals surface area (Å²) in [6, 6.07) is 12.5. The van der Waals surface area contributed by atoms with Crippen molar-refractivity contribution in [2.24, 2.45) is 0 Å². The van der Waals surface area contributed by atoms with E-state index in [9.17, 15) is 18.1 Å². The van der Waals surface area contributed by atoms with Crippen molar-refractivity contribution < 1.29 is 12.8 Å². The SMILES string of the molecule is Cc1cc(S(=O)(=O)N2CCN(C(C#N)c3ccc(F)cc3)CC2)ccc1Br. The third-order valence-electron chi connectivity index (χ3n) is 4.71. The average Bonchev–Trinajstić information content (AvgIpc) is 2.66. The van der Waals surface area contributed by atoms with Crippen LogP contribution < -0.4 is 0 Å². The van der Waals surface area contributed by atoms with Gasteiger partial charge in [0.05, 0.1) is 11.0 Å². The van der Waals surface area contributed by atoms with Crippen LogP contribution in [0.15, 0.2) is 51.8 Å². The van der Waals surface area contributed by atoms with E-state index < -0.39 is 16.1 Å². The van der Waals surface area contributed by atoms with Crippen LogP contribution in [0.5, 0.6) is 0 Å². The molecule has 0 amide bonds. The Morgan fingerprint density at radius 2 is 1.74 bits per heavy atom. The molecular formula is C19H19BrFN3O2S. The molecular weight excluding hydrogens is 433 g/mol. The summed E-state index contributed by atoms with van der Waals surface area (Å²) in [4.78, 5) is 2.19. The standard InChI is InChI=1S/C19H19BrFN3O2S/c1-14-12-17(6-7-18(14)20)27(25,26)24-10-8-23(9-11-24)19(13-22)15-2-4-16(21)5-3-15/h2-7,12,19H,8-11H2,1H3. The van der Waals surface area contributed by atoms with Crippen LogP contribution in [0.1, 0.15) is 17.2 Å². The number of aryl methyl sites for hydroxylation is 1. The lowest BCUT2D eigenvalue weighted by Gasteiger charge is -2.36. The van der Waals surface area contributed by atoms with E-state index in [2.05, 4.69) is 22.0 Å². The van der Waals surface area contributed by atoms with Gasteiger partial charge in [0.1, 0.15) is 11.9 Å². The zero-order valence-electron chi connectivity index (χ0n) is 14.8. The largest absolute Gasteiger partial charge is 0.282 e. The van der Waals surface area contributed by atoms with Crippen molar-refractivity contribution >= 4 is 26.0 Å². The van der Waals surface area contributed by atoms with Gasteiger partial charge in [-0.15, -0.1) is 0 Å². The van der Waals surface area contributed by atoms with Crippen LogP contribution in [-0.2, 0) is 10.0 Å². The van der Waals surface area contributed by atoms with Crippen molar-refractivity contribution in [3.8, 4) is 6.07 Å². The minimum Gasteiger partial charge on any atom is -0.282 e. The molecule has 0 aromatic heterocycles. The first-order valence-corrected chi connectivity index (χ1v) is 10.7. The molecule has 0 saturated carbocycles. The maximum absolute atomic E-state index is 13.1. The predicted molar refractivity (Wildman–Crippen MR) is 104 cm³/mol. The Balaban J connectivity index is 1.73. The molecule has 0 N–H and O–H groups in total. The van der Waals surface area contributed by atoms with Crippen molar-refractivity contribution in [3.05, 3.63) is 63.9 Å². The number of halogens is 2. The quantitative estimate of drug-likeness (QED) is 0.713. The highest BCUT2D eigenvalue weighted by Gasteiger charge is 2.31. The second-order valence-electron chi connectivity index (χ2n) is 6.43. The molecule has 1 aliphatic heterocycles. The van der Waals surface area contributed by atoms with Gasteiger partial charge in [-0.3, -0.25) is 4.90 Å². The van der Waals surface area contributed by atoms with E-state index in [4.69, 9.17) is 0 Å². The molecule has 0 radical (unpaired) electrons. The maximum atomic E-state index is 13.1. The third kappa shape index (κ3) is 4.22. The first-order valence-electron chi connectivity index (χ1n) is 8.48. The zero-order valence-corrected chi connectivity index (χ0v) is 17.2. The summed E-state index contributed by atoms with van der Waals surface area (Å²) in [5, 5.41) is 9.54. The lowest BCUT2D eigenvalue weighted by Crippen LogP contribution is -2.49. The Hall–Kier alpha value is -1.79. The number of hydrogen-bond acceptors (Lipinski definition) is 4. The van der Waals surface area contributed by atoms with Crippen LogP contribution in [-0.4, -0.2) is 43.8 Å². The van der Waals surface area contributed by atoms with Gasteiger partial charge in [0.15, 0.2) is 0 Å². The summed E-state index contributed by atoms with van der Waals surface area (Å²) in [6.45, 7) is 3.32. The molecule has 1 atom stereocenters. The second-order valence-corrected chi connectivity index (χ2v) is 9.23. The summed E-state index contributed by atoms with van der Waals surface area (Å²) in [5.41, 5.74) is 1.56. The summed E-state index contributed by atoms with van der Waals surface area (Å²) in [5.74, 6) is -0.351. The molecule has 8 heteroatoms. The van der Waals surface area contributed by atoms with Gasteiger partial charge in [-0.2, -0.15) is 9.57 Å². The van der Waals surface area contributed by atoms with Crippen LogP contribution in [0, 0.1) is 24.1 Å². The molecule has 1 unspecified atom stereocenters. The number of benzene rings is 2. The summed E-state index contributed by atoms with van der Waals surface area (Å²) >= 11 is 3.38. The molecule has 5 nitrogen and oxygen atoms in total. The van der Waals surface area contributed by atoms with Gasteiger partial charge >= 0.3 is 0 Å².